The number of nitrogens with zero attached hydrogens (tertiary/aromatic N) is 1. The molecule has 0 aliphatic heterocycles. The van der Waals surface area contributed by atoms with E-state index in [1.165, 1.54) is 12.1 Å². The number of nitriles is 1. The number of allylic oxidation sites excluding steroid dienone is 2. The second kappa shape index (κ2) is 4.31. The molecule has 2 rings (SSSR count). The van der Waals surface area contributed by atoms with Crippen LogP contribution in [0.25, 0.3) is 0 Å². The Morgan fingerprint density at radius 1 is 1.12 bits per heavy atom. The van der Waals surface area contributed by atoms with E-state index in [0.29, 0.717) is 11.3 Å². The number of hydrogen-bond acceptors (Lipinski definition) is 2. The Morgan fingerprint density at radius 3 is 2.44 bits per heavy atom. The zero-order valence-corrected chi connectivity index (χ0v) is 8.56. The minimum absolute atomic E-state index is 0.349. The molecule has 16 heavy (non-hydrogen) atoms. The highest BCUT2D eigenvalue weighted by Crippen LogP contribution is 2.27. The van der Waals surface area contributed by atoms with Crippen LogP contribution in [0.2, 0.25) is 0 Å². The van der Waals surface area contributed by atoms with E-state index in [-0.39, 0.29) is 0 Å². The van der Waals surface area contributed by atoms with Crippen molar-refractivity contribution in [2.75, 3.05) is 5.32 Å². The summed E-state index contributed by atoms with van der Waals surface area (Å²) in [6, 6.07) is 5.34. The maximum absolute atomic E-state index is 12.9. The monoisotopic (exact) mass is 220 g/mol. The van der Waals surface area contributed by atoms with Crippen LogP contribution < -0.4 is 5.32 Å². The summed E-state index contributed by atoms with van der Waals surface area (Å²) >= 11 is 0. The van der Waals surface area contributed by atoms with Gasteiger partial charge in [0.25, 0.3) is 0 Å². The molecule has 1 aromatic rings. The molecule has 0 heterocycles. The topological polar surface area (TPSA) is 35.8 Å². The fourth-order valence-electron chi connectivity index (χ4n) is 1.81. The second-order valence-corrected chi connectivity index (χ2v) is 3.71. The standard InChI is InChI=1S/C12H10F2N2/c13-9-4-10(14)6-11(5-9)16-12-3-1-2-8(12)7-15/h4-6,16H,1-3H2. The van der Waals surface area contributed by atoms with Crippen LogP contribution in [0.1, 0.15) is 19.3 Å². The van der Waals surface area contributed by atoms with Gasteiger partial charge in [0.1, 0.15) is 11.6 Å². The summed E-state index contributed by atoms with van der Waals surface area (Å²) in [7, 11) is 0. The fraction of sp³-hybridized carbons (Fsp3) is 0.250. The first-order valence-corrected chi connectivity index (χ1v) is 5.04. The van der Waals surface area contributed by atoms with E-state index in [2.05, 4.69) is 11.4 Å². The van der Waals surface area contributed by atoms with Crippen LogP contribution in [0.3, 0.4) is 0 Å². The highest BCUT2D eigenvalue weighted by atomic mass is 19.1. The summed E-state index contributed by atoms with van der Waals surface area (Å²) < 4.78 is 25.8. The van der Waals surface area contributed by atoms with Gasteiger partial charge in [-0.1, -0.05) is 0 Å². The molecule has 0 amide bonds. The van der Waals surface area contributed by atoms with Gasteiger partial charge in [-0.2, -0.15) is 5.26 Å². The highest BCUT2D eigenvalue weighted by molar-refractivity contribution is 5.52. The Hall–Kier alpha value is -1.89. The lowest BCUT2D eigenvalue weighted by molar-refractivity contribution is 0.584. The molecule has 0 saturated heterocycles. The Balaban J connectivity index is 2.24. The molecule has 1 aliphatic carbocycles. The van der Waals surface area contributed by atoms with Crippen LogP contribution in [0, 0.1) is 23.0 Å². The van der Waals surface area contributed by atoms with Gasteiger partial charge in [-0.3, -0.25) is 0 Å². The Labute approximate surface area is 92.2 Å². The van der Waals surface area contributed by atoms with Gasteiger partial charge in [-0.05, 0) is 31.4 Å². The summed E-state index contributed by atoms with van der Waals surface area (Å²) in [5.41, 5.74) is 1.79. The van der Waals surface area contributed by atoms with Crippen molar-refractivity contribution in [1.29, 1.82) is 5.26 Å². The number of rotatable bonds is 2. The van der Waals surface area contributed by atoms with Crippen LogP contribution in [0.4, 0.5) is 14.5 Å². The molecule has 0 spiro atoms. The molecular weight excluding hydrogens is 210 g/mol. The third-order valence-corrected chi connectivity index (χ3v) is 2.51. The fourth-order valence-corrected chi connectivity index (χ4v) is 1.81. The van der Waals surface area contributed by atoms with Gasteiger partial charge in [0.05, 0.1) is 6.07 Å². The number of hydrogen-bond donors (Lipinski definition) is 1. The van der Waals surface area contributed by atoms with Gasteiger partial charge in [0.2, 0.25) is 0 Å². The van der Waals surface area contributed by atoms with Crippen molar-refractivity contribution in [2.24, 2.45) is 0 Å². The summed E-state index contributed by atoms with van der Waals surface area (Å²) in [5.74, 6) is -1.25. The van der Waals surface area contributed by atoms with Crippen molar-refractivity contribution in [3.05, 3.63) is 41.1 Å². The van der Waals surface area contributed by atoms with Gasteiger partial charge in [-0.15, -0.1) is 0 Å². The first-order chi connectivity index (χ1) is 7.69. The average Bonchev–Trinajstić information content (AvgIpc) is 2.63. The summed E-state index contributed by atoms with van der Waals surface area (Å²) in [6.07, 6.45) is 2.39. The van der Waals surface area contributed by atoms with Crippen LogP contribution in [-0.4, -0.2) is 0 Å². The molecule has 1 aromatic carbocycles. The van der Waals surface area contributed by atoms with E-state index in [9.17, 15) is 8.78 Å². The third kappa shape index (κ3) is 2.19. The normalized spacial score (nSPS) is 15.1. The lowest BCUT2D eigenvalue weighted by Gasteiger charge is -2.07. The molecule has 0 saturated carbocycles. The van der Waals surface area contributed by atoms with E-state index in [0.717, 1.165) is 31.0 Å². The average molecular weight is 220 g/mol. The van der Waals surface area contributed by atoms with E-state index >= 15 is 0 Å². The van der Waals surface area contributed by atoms with Gasteiger partial charge >= 0.3 is 0 Å². The zero-order valence-electron chi connectivity index (χ0n) is 8.56. The number of halogens is 2. The lowest BCUT2D eigenvalue weighted by atomic mass is 10.2. The molecular formula is C12H10F2N2. The first-order valence-electron chi connectivity index (χ1n) is 5.04. The molecule has 0 aromatic heterocycles. The van der Waals surface area contributed by atoms with Crippen LogP contribution in [0.15, 0.2) is 29.5 Å². The minimum Gasteiger partial charge on any atom is -0.358 e. The SMILES string of the molecule is N#CC1=C(Nc2cc(F)cc(F)c2)CCC1. The van der Waals surface area contributed by atoms with E-state index in [1.54, 1.807) is 0 Å². The first kappa shape index (κ1) is 10.6. The predicted molar refractivity (Wildman–Crippen MR) is 56.5 cm³/mol. The third-order valence-electron chi connectivity index (χ3n) is 2.51. The second-order valence-electron chi connectivity index (χ2n) is 3.71. The van der Waals surface area contributed by atoms with Crippen molar-refractivity contribution in [3.8, 4) is 6.07 Å². The maximum atomic E-state index is 12.9. The smallest absolute Gasteiger partial charge is 0.128 e. The number of nitrogens with one attached hydrogen (secondary N) is 1. The van der Waals surface area contributed by atoms with Crippen molar-refractivity contribution in [1.82, 2.24) is 0 Å². The van der Waals surface area contributed by atoms with Gasteiger partial charge in [0, 0.05) is 23.0 Å². The highest BCUT2D eigenvalue weighted by Gasteiger charge is 2.14. The molecule has 4 heteroatoms. The summed E-state index contributed by atoms with van der Waals surface area (Å²) in [5, 5.41) is 11.7. The molecule has 0 radical (unpaired) electrons. The zero-order chi connectivity index (χ0) is 11.5. The van der Waals surface area contributed by atoms with Crippen molar-refractivity contribution in [3.63, 3.8) is 0 Å². The summed E-state index contributed by atoms with van der Waals surface area (Å²) in [6.45, 7) is 0. The number of anilines is 1. The van der Waals surface area contributed by atoms with E-state index in [4.69, 9.17) is 5.26 Å². The van der Waals surface area contributed by atoms with Crippen LogP contribution in [-0.2, 0) is 0 Å². The molecule has 1 N–H and O–H groups in total. The van der Waals surface area contributed by atoms with Crippen LogP contribution >= 0.6 is 0 Å². The molecule has 1 aliphatic rings. The van der Waals surface area contributed by atoms with Gasteiger partial charge in [-0.25, -0.2) is 8.78 Å². The van der Waals surface area contributed by atoms with Crippen molar-refractivity contribution >= 4 is 5.69 Å². The van der Waals surface area contributed by atoms with Crippen molar-refractivity contribution in [2.45, 2.75) is 19.3 Å². The predicted octanol–water partition coefficient (Wildman–Crippen LogP) is 3.34. The Bertz CT molecular complexity index is 466. The van der Waals surface area contributed by atoms with Gasteiger partial charge in [0.15, 0.2) is 0 Å². The quantitative estimate of drug-likeness (QED) is 0.829. The molecule has 0 fully saturated rings. The van der Waals surface area contributed by atoms with Crippen molar-refractivity contribution < 1.29 is 8.78 Å². The maximum Gasteiger partial charge on any atom is 0.128 e. The van der Waals surface area contributed by atoms with Gasteiger partial charge < -0.3 is 5.32 Å². The molecule has 0 bridgehead atoms. The molecule has 0 atom stereocenters. The molecule has 82 valence electrons. The van der Waals surface area contributed by atoms with Crippen LogP contribution in [0.5, 0.6) is 0 Å². The largest absolute Gasteiger partial charge is 0.358 e. The van der Waals surface area contributed by atoms with E-state index in [1.807, 2.05) is 0 Å². The number of benzene rings is 1. The minimum atomic E-state index is -0.625. The molecule has 0 unspecified atom stereocenters. The lowest BCUT2D eigenvalue weighted by Crippen LogP contribution is -1.99. The molecule has 2 nitrogen and oxygen atoms in total. The van der Waals surface area contributed by atoms with E-state index < -0.39 is 11.6 Å². The summed E-state index contributed by atoms with van der Waals surface area (Å²) in [4.78, 5) is 0. The Kier molecular flexibility index (Phi) is 2.86. The Morgan fingerprint density at radius 2 is 1.81 bits per heavy atom.